The summed E-state index contributed by atoms with van der Waals surface area (Å²) in [6.45, 7) is 3.95. The van der Waals surface area contributed by atoms with Crippen molar-refractivity contribution in [2.75, 3.05) is 12.4 Å². The van der Waals surface area contributed by atoms with Gasteiger partial charge in [0.2, 0.25) is 0 Å². The number of aromatic nitrogens is 2. The molecule has 1 aromatic carbocycles. The second-order valence-electron chi connectivity index (χ2n) is 4.58. The Balaban J connectivity index is 2.19. The van der Waals surface area contributed by atoms with E-state index in [1.54, 1.807) is 16.9 Å². The van der Waals surface area contributed by atoms with Crippen LogP contribution in [0.3, 0.4) is 0 Å². The summed E-state index contributed by atoms with van der Waals surface area (Å²) in [6.07, 6.45) is 3.22. The van der Waals surface area contributed by atoms with Crippen molar-refractivity contribution in [2.24, 2.45) is 0 Å². The molecule has 20 heavy (non-hydrogen) atoms. The summed E-state index contributed by atoms with van der Waals surface area (Å²) in [5, 5.41) is 6.71. The van der Waals surface area contributed by atoms with Gasteiger partial charge in [0, 0.05) is 12.2 Å². The highest BCUT2D eigenvalue weighted by atomic mass is 19.1. The van der Waals surface area contributed by atoms with Crippen LogP contribution in [-0.2, 0) is 0 Å². The molecule has 6 heteroatoms. The molecule has 2 rings (SSSR count). The summed E-state index contributed by atoms with van der Waals surface area (Å²) >= 11 is 0. The summed E-state index contributed by atoms with van der Waals surface area (Å²) in [6, 6.07) is 4.62. The third-order valence-corrected chi connectivity index (χ3v) is 2.82. The first kappa shape index (κ1) is 14.0. The van der Waals surface area contributed by atoms with Crippen molar-refractivity contribution in [2.45, 2.75) is 19.9 Å². The van der Waals surface area contributed by atoms with Crippen LogP contribution in [0.1, 0.15) is 30.2 Å². The van der Waals surface area contributed by atoms with Crippen LogP contribution in [0.5, 0.6) is 5.75 Å². The number of anilines is 1. The topological polar surface area (TPSA) is 56.1 Å². The lowest BCUT2D eigenvalue weighted by molar-refractivity contribution is 0.102. The van der Waals surface area contributed by atoms with E-state index in [1.165, 1.54) is 25.4 Å². The molecular weight excluding hydrogens is 261 g/mol. The SMILES string of the molecule is COc1cccc(C(=O)Nc2cnn(C(C)C)c2)c1F. The Hall–Kier alpha value is -2.37. The van der Waals surface area contributed by atoms with E-state index in [0.29, 0.717) is 5.69 Å². The Labute approximate surface area is 116 Å². The number of benzene rings is 1. The minimum absolute atomic E-state index is 0.0375. The highest BCUT2D eigenvalue weighted by molar-refractivity contribution is 6.04. The van der Waals surface area contributed by atoms with Gasteiger partial charge >= 0.3 is 0 Å². The molecule has 0 aliphatic rings. The van der Waals surface area contributed by atoms with Gasteiger partial charge in [-0.2, -0.15) is 5.10 Å². The fourth-order valence-corrected chi connectivity index (χ4v) is 1.73. The first-order valence-electron chi connectivity index (χ1n) is 6.21. The third kappa shape index (κ3) is 2.79. The fourth-order valence-electron chi connectivity index (χ4n) is 1.73. The largest absolute Gasteiger partial charge is 0.494 e. The van der Waals surface area contributed by atoms with Crippen LogP contribution in [0, 0.1) is 5.82 Å². The molecular formula is C14H16FN3O2. The van der Waals surface area contributed by atoms with Gasteiger partial charge in [0.15, 0.2) is 11.6 Å². The smallest absolute Gasteiger partial charge is 0.258 e. The third-order valence-electron chi connectivity index (χ3n) is 2.82. The van der Waals surface area contributed by atoms with Crippen molar-refractivity contribution in [3.63, 3.8) is 0 Å². The molecule has 106 valence electrons. The molecule has 0 aliphatic heterocycles. The number of carbonyl (C=O) groups is 1. The number of nitrogens with one attached hydrogen (secondary N) is 1. The number of ether oxygens (including phenoxy) is 1. The Morgan fingerprint density at radius 1 is 1.45 bits per heavy atom. The molecule has 1 N–H and O–H groups in total. The van der Waals surface area contributed by atoms with Crippen molar-refractivity contribution >= 4 is 11.6 Å². The maximum atomic E-state index is 14.0. The van der Waals surface area contributed by atoms with Gasteiger partial charge in [-0.1, -0.05) is 6.07 Å². The predicted octanol–water partition coefficient (Wildman–Crippen LogP) is 2.86. The average molecular weight is 277 g/mol. The summed E-state index contributed by atoms with van der Waals surface area (Å²) < 4.78 is 20.5. The molecule has 2 aromatic rings. The molecule has 0 saturated heterocycles. The highest BCUT2D eigenvalue weighted by Crippen LogP contribution is 2.21. The van der Waals surface area contributed by atoms with Crippen LogP contribution < -0.4 is 10.1 Å². The van der Waals surface area contributed by atoms with Crippen LogP contribution in [0.2, 0.25) is 0 Å². The number of hydrogen-bond donors (Lipinski definition) is 1. The van der Waals surface area contributed by atoms with Gasteiger partial charge in [0.1, 0.15) is 0 Å². The van der Waals surface area contributed by atoms with Gasteiger partial charge in [-0.3, -0.25) is 9.48 Å². The Kier molecular flexibility index (Phi) is 4.02. The molecule has 0 unspecified atom stereocenters. The van der Waals surface area contributed by atoms with E-state index in [9.17, 15) is 9.18 Å². The lowest BCUT2D eigenvalue weighted by atomic mass is 10.2. The molecule has 0 bridgehead atoms. The zero-order valence-corrected chi connectivity index (χ0v) is 11.6. The van der Waals surface area contributed by atoms with Crippen LogP contribution in [0.4, 0.5) is 10.1 Å². The Morgan fingerprint density at radius 2 is 2.20 bits per heavy atom. The molecule has 1 aromatic heterocycles. The first-order chi connectivity index (χ1) is 9.52. The van der Waals surface area contributed by atoms with E-state index in [2.05, 4.69) is 10.4 Å². The minimum Gasteiger partial charge on any atom is -0.494 e. The average Bonchev–Trinajstić information content (AvgIpc) is 2.87. The highest BCUT2D eigenvalue weighted by Gasteiger charge is 2.16. The molecule has 0 spiro atoms. The van der Waals surface area contributed by atoms with Gasteiger partial charge in [-0.25, -0.2) is 4.39 Å². The molecule has 5 nitrogen and oxygen atoms in total. The Bertz CT molecular complexity index is 623. The monoisotopic (exact) mass is 277 g/mol. The van der Waals surface area contributed by atoms with Crippen molar-refractivity contribution in [3.8, 4) is 5.75 Å². The van der Waals surface area contributed by atoms with Crippen LogP contribution >= 0.6 is 0 Å². The van der Waals surface area contributed by atoms with Crippen molar-refractivity contribution in [1.29, 1.82) is 0 Å². The summed E-state index contributed by atoms with van der Waals surface area (Å²) in [5.41, 5.74) is 0.451. The minimum atomic E-state index is -0.677. The van der Waals surface area contributed by atoms with E-state index >= 15 is 0 Å². The number of carbonyl (C=O) groups excluding carboxylic acids is 1. The lowest BCUT2D eigenvalue weighted by Crippen LogP contribution is -2.14. The maximum absolute atomic E-state index is 14.0. The van der Waals surface area contributed by atoms with Gasteiger partial charge in [-0.05, 0) is 26.0 Å². The van der Waals surface area contributed by atoms with Crippen LogP contribution in [0.15, 0.2) is 30.6 Å². The molecule has 0 saturated carbocycles. The Morgan fingerprint density at radius 3 is 2.80 bits per heavy atom. The molecule has 1 heterocycles. The van der Waals surface area contributed by atoms with Crippen LogP contribution in [0.25, 0.3) is 0 Å². The summed E-state index contributed by atoms with van der Waals surface area (Å²) in [5.74, 6) is -1.18. The van der Waals surface area contributed by atoms with Gasteiger partial charge in [0.25, 0.3) is 5.91 Å². The fraction of sp³-hybridized carbons (Fsp3) is 0.286. The molecule has 0 radical (unpaired) electrons. The maximum Gasteiger partial charge on any atom is 0.258 e. The van der Waals surface area contributed by atoms with Gasteiger partial charge in [-0.15, -0.1) is 0 Å². The quantitative estimate of drug-likeness (QED) is 0.935. The van der Waals surface area contributed by atoms with E-state index in [-0.39, 0.29) is 17.4 Å². The molecule has 1 amide bonds. The normalized spacial score (nSPS) is 10.7. The zero-order chi connectivity index (χ0) is 14.7. The second kappa shape index (κ2) is 5.73. The number of rotatable bonds is 4. The second-order valence-corrected chi connectivity index (χ2v) is 4.58. The van der Waals surface area contributed by atoms with E-state index in [1.807, 2.05) is 13.8 Å². The van der Waals surface area contributed by atoms with E-state index in [4.69, 9.17) is 4.74 Å². The summed E-state index contributed by atoms with van der Waals surface area (Å²) in [7, 11) is 1.35. The van der Waals surface area contributed by atoms with E-state index in [0.717, 1.165) is 0 Å². The van der Waals surface area contributed by atoms with Crippen LogP contribution in [-0.4, -0.2) is 22.8 Å². The number of amides is 1. The van der Waals surface area contributed by atoms with Gasteiger partial charge < -0.3 is 10.1 Å². The predicted molar refractivity (Wildman–Crippen MR) is 73.5 cm³/mol. The van der Waals surface area contributed by atoms with Crippen molar-refractivity contribution in [3.05, 3.63) is 42.0 Å². The standard InChI is InChI=1S/C14H16FN3O2/c1-9(2)18-8-10(7-16-18)17-14(19)11-5-4-6-12(20-3)13(11)15/h4-9H,1-3H3,(H,17,19). The summed E-state index contributed by atoms with van der Waals surface area (Å²) in [4.78, 5) is 12.0. The zero-order valence-electron chi connectivity index (χ0n) is 11.6. The number of halogens is 1. The number of nitrogens with zero attached hydrogens (tertiary/aromatic N) is 2. The van der Waals surface area contributed by atoms with Gasteiger partial charge in [0.05, 0.1) is 24.6 Å². The molecule has 0 atom stereocenters. The lowest BCUT2D eigenvalue weighted by Gasteiger charge is -2.07. The number of methoxy groups -OCH3 is 1. The van der Waals surface area contributed by atoms with E-state index < -0.39 is 11.7 Å². The molecule has 0 fully saturated rings. The van der Waals surface area contributed by atoms with Crippen molar-refractivity contribution < 1.29 is 13.9 Å². The number of hydrogen-bond acceptors (Lipinski definition) is 3. The first-order valence-corrected chi connectivity index (χ1v) is 6.21. The van der Waals surface area contributed by atoms with Crippen molar-refractivity contribution in [1.82, 2.24) is 9.78 Å². The molecule has 0 aliphatic carbocycles.